The minimum absolute atomic E-state index is 0.337. The molecule has 3 unspecified atom stereocenters. The summed E-state index contributed by atoms with van der Waals surface area (Å²) in [5.41, 5.74) is 0. The second-order valence-electron chi connectivity index (χ2n) is 4.31. The molecule has 1 aliphatic heterocycles. The summed E-state index contributed by atoms with van der Waals surface area (Å²) in [7, 11) is 0. The molecular weight excluding hydrogens is 317 g/mol. The van der Waals surface area contributed by atoms with Crippen LogP contribution >= 0.6 is 34.4 Å². The van der Waals surface area contributed by atoms with Crippen molar-refractivity contribution < 1.29 is 0 Å². The number of hydrogen-bond acceptors (Lipinski definition) is 2. The van der Waals surface area contributed by atoms with Gasteiger partial charge in [-0.15, -0.1) is 11.8 Å². The van der Waals surface area contributed by atoms with Gasteiger partial charge in [-0.25, -0.2) is 0 Å². The van der Waals surface area contributed by atoms with Crippen molar-refractivity contribution in [1.29, 1.82) is 0 Å². The van der Waals surface area contributed by atoms with Crippen molar-refractivity contribution in [1.82, 2.24) is 0 Å². The standard InChI is InChI=1S/C12H22INS/c1-5-10(9(4)13)11-14-8-12(6-2,7-3)15-11/h8-11H,5-7H2,1-4H3. The molecule has 1 rings (SSSR count). The Morgan fingerprint density at radius 1 is 1.40 bits per heavy atom. The second-order valence-corrected chi connectivity index (χ2v) is 7.80. The summed E-state index contributed by atoms with van der Waals surface area (Å²) in [6.07, 6.45) is 5.88. The van der Waals surface area contributed by atoms with E-state index < -0.39 is 0 Å². The largest absolute Gasteiger partial charge is 0.282 e. The van der Waals surface area contributed by atoms with E-state index in [2.05, 4.69) is 68.3 Å². The van der Waals surface area contributed by atoms with E-state index in [1.807, 2.05) is 0 Å². The minimum atomic E-state index is 0.337. The fourth-order valence-electron chi connectivity index (χ4n) is 2.06. The van der Waals surface area contributed by atoms with Crippen molar-refractivity contribution in [2.24, 2.45) is 10.9 Å². The molecule has 3 atom stereocenters. The summed E-state index contributed by atoms with van der Waals surface area (Å²) < 4.78 is 1.05. The molecule has 0 aromatic rings. The molecule has 3 heteroatoms. The molecule has 0 spiro atoms. The van der Waals surface area contributed by atoms with Gasteiger partial charge in [-0.2, -0.15) is 0 Å². The van der Waals surface area contributed by atoms with E-state index in [0.717, 1.165) is 5.92 Å². The fourth-order valence-corrected chi connectivity index (χ4v) is 4.91. The van der Waals surface area contributed by atoms with E-state index in [-0.39, 0.29) is 0 Å². The number of alkyl halides is 1. The first-order valence-electron chi connectivity index (χ1n) is 5.94. The average Bonchev–Trinajstić information content (AvgIpc) is 2.64. The second kappa shape index (κ2) is 5.89. The molecule has 0 N–H and O–H groups in total. The lowest BCUT2D eigenvalue weighted by molar-refractivity contribution is 0.506. The Morgan fingerprint density at radius 2 is 2.00 bits per heavy atom. The summed E-state index contributed by atoms with van der Waals surface area (Å²) in [6, 6.07) is 0. The van der Waals surface area contributed by atoms with Crippen LogP contribution < -0.4 is 0 Å². The summed E-state index contributed by atoms with van der Waals surface area (Å²) >= 11 is 4.64. The van der Waals surface area contributed by atoms with Gasteiger partial charge in [-0.3, -0.25) is 4.99 Å². The fraction of sp³-hybridized carbons (Fsp3) is 0.917. The zero-order valence-corrected chi connectivity index (χ0v) is 13.1. The Hall–Kier alpha value is 0.750. The van der Waals surface area contributed by atoms with Crippen LogP contribution in [0, 0.1) is 5.92 Å². The Bertz CT molecular complexity index is 224. The SMILES string of the molecule is CCC(C(C)I)C1N=CC(CC)(CC)S1. The molecule has 0 amide bonds. The van der Waals surface area contributed by atoms with Gasteiger partial charge in [0.2, 0.25) is 0 Å². The van der Waals surface area contributed by atoms with Crippen LogP contribution in [0.25, 0.3) is 0 Å². The third kappa shape index (κ3) is 3.11. The Labute approximate surface area is 112 Å². The van der Waals surface area contributed by atoms with Crippen LogP contribution in [0.3, 0.4) is 0 Å². The molecule has 0 aromatic heterocycles. The number of thioether (sulfide) groups is 1. The monoisotopic (exact) mass is 339 g/mol. The van der Waals surface area contributed by atoms with Gasteiger partial charge >= 0.3 is 0 Å². The molecule has 0 radical (unpaired) electrons. The molecule has 0 bridgehead atoms. The molecule has 15 heavy (non-hydrogen) atoms. The van der Waals surface area contributed by atoms with E-state index in [1.165, 1.54) is 19.3 Å². The number of rotatable bonds is 5. The smallest absolute Gasteiger partial charge is 0.0995 e. The first kappa shape index (κ1) is 13.8. The molecule has 1 heterocycles. The lowest BCUT2D eigenvalue weighted by atomic mass is 10.0. The van der Waals surface area contributed by atoms with Gasteiger partial charge in [0.25, 0.3) is 0 Å². The van der Waals surface area contributed by atoms with Crippen molar-refractivity contribution in [3.8, 4) is 0 Å². The maximum Gasteiger partial charge on any atom is 0.0995 e. The topological polar surface area (TPSA) is 12.4 Å². The first-order valence-corrected chi connectivity index (χ1v) is 8.07. The highest BCUT2D eigenvalue weighted by Gasteiger charge is 2.37. The number of aliphatic imine (C=N–C) groups is 1. The van der Waals surface area contributed by atoms with Crippen LogP contribution in [0.5, 0.6) is 0 Å². The van der Waals surface area contributed by atoms with Crippen LogP contribution in [0.1, 0.15) is 47.0 Å². The third-order valence-electron chi connectivity index (χ3n) is 3.44. The minimum Gasteiger partial charge on any atom is -0.282 e. The van der Waals surface area contributed by atoms with Crippen LogP contribution in [0.15, 0.2) is 4.99 Å². The Morgan fingerprint density at radius 3 is 2.33 bits per heavy atom. The predicted molar refractivity (Wildman–Crippen MR) is 80.4 cm³/mol. The highest BCUT2D eigenvalue weighted by Crippen LogP contribution is 2.44. The van der Waals surface area contributed by atoms with Crippen LogP contribution in [-0.2, 0) is 0 Å². The lowest BCUT2D eigenvalue weighted by Gasteiger charge is -2.27. The summed E-state index contributed by atoms with van der Waals surface area (Å²) in [5.74, 6) is 0.729. The summed E-state index contributed by atoms with van der Waals surface area (Å²) in [6.45, 7) is 9.15. The van der Waals surface area contributed by atoms with E-state index in [9.17, 15) is 0 Å². The molecule has 0 fully saturated rings. The first-order chi connectivity index (χ1) is 7.08. The van der Waals surface area contributed by atoms with Crippen molar-refractivity contribution in [2.75, 3.05) is 0 Å². The third-order valence-corrected chi connectivity index (χ3v) is 6.23. The van der Waals surface area contributed by atoms with Gasteiger partial charge in [0.15, 0.2) is 0 Å². The number of nitrogens with zero attached hydrogens (tertiary/aromatic N) is 1. The van der Waals surface area contributed by atoms with Crippen LogP contribution in [0.4, 0.5) is 0 Å². The highest BCUT2D eigenvalue weighted by molar-refractivity contribution is 14.1. The van der Waals surface area contributed by atoms with E-state index >= 15 is 0 Å². The van der Waals surface area contributed by atoms with E-state index in [0.29, 0.717) is 14.0 Å². The van der Waals surface area contributed by atoms with Gasteiger partial charge in [-0.1, -0.05) is 50.3 Å². The Kier molecular flexibility index (Phi) is 5.43. The summed E-state index contributed by atoms with van der Waals surface area (Å²) in [5, 5.41) is 0.502. The van der Waals surface area contributed by atoms with Gasteiger partial charge in [0.1, 0.15) is 0 Å². The van der Waals surface area contributed by atoms with Crippen molar-refractivity contribution in [2.45, 2.75) is 61.0 Å². The maximum atomic E-state index is 4.76. The van der Waals surface area contributed by atoms with Gasteiger partial charge < -0.3 is 0 Å². The molecule has 0 saturated heterocycles. The van der Waals surface area contributed by atoms with Gasteiger partial charge in [-0.05, 0) is 19.3 Å². The van der Waals surface area contributed by atoms with Gasteiger partial charge in [0, 0.05) is 16.1 Å². The summed E-state index contributed by atoms with van der Waals surface area (Å²) in [4.78, 5) is 4.76. The molecular formula is C12H22INS. The average molecular weight is 339 g/mol. The Balaban J connectivity index is 2.67. The molecule has 1 nitrogen and oxygen atoms in total. The van der Waals surface area contributed by atoms with Crippen LogP contribution in [-0.4, -0.2) is 20.3 Å². The molecule has 0 aliphatic carbocycles. The quantitative estimate of drug-likeness (QED) is 0.529. The predicted octanol–water partition coefficient (Wildman–Crippen LogP) is 4.54. The molecule has 0 aromatic carbocycles. The van der Waals surface area contributed by atoms with Gasteiger partial charge in [0.05, 0.1) is 10.1 Å². The zero-order chi connectivity index (χ0) is 11.5. The molecule has 88 valence electrons. The van der Waals surface area contributed by atoms with E-state index in [1.54, 1.807) is 0 Å². The highest BCUT2D eigenvalue weighted by atomic mass is 127. The van der Waals surface area contributed by atoms with Crippen LogP contribution in [0.2, 0.25) is 0 Å². The zero-order valence-electron chi connectivity index (χ0n) is 10.2. The number of halogens is 1. The normalized spacial score (nSPS) is 27.9. The molecule has 1 aliphatic rings. The van der Waals surface area contributed by atoms with Crippen molar-refractivity contribution in [3.63, 3.8) is 0 Å². The van der Waals surface area contributed by atoms with Crippen molar-refractivity contribution >= 4 is 40.6 Å². The molecule has 0 saturated carbocycles. The van der Waals surface area contributed by atoms with E-state index in [4.69, 9.17) is 4.99 Å². The number of hydrogen-bond donors (Lipinski definition) is 0. The maximum absolute atomic E-state index is 4.76. The lowest BCUT2D eigenvalue weighted by Crippen LogP contribution is -2.26. The van der Waals surface area contributed by atoms with Crippen molar-refractivity contribution in [3.05, 3.63) is 0 Å².